The molecule has 7 heteroatoms. The van der Waals surface area contributed by atoms with Crippen molar-refractivity contribution >= 4 is 34.4 Å². The van der Waals surface area contributed by atoms with Crippen LogP contribution in [0.4, 0.5) is 0 Å². The molecule has 0 unspecified atom stereocenters. The summed E-state index contributed by atoms with van der Waals surface area (Å²) in [5.74, 6) is 0.0911. The van der Waals surface area contributed by atoms with Gasteiger partial charge in [-0.3, -0.25) is 9.59 Å². The molecule has 0 aliphatic rings. The summed E-state index contributed by atoms with van der Waals surface area (Å²) in [6.07, 6.45) is 2.39. The maximum absolute atomic E-state index is 13.1. The maximum Gasteiger partial charge on any atom is 0.341 e. The second kappa shape index (κ2) is 8.12. The summed E-state index contributed by atoms with van der Waals surface area (Å²) in [7, 11) is 0. The Morgan fingerprint density at radius 2 is 2.04 bits per heavy atom. The standard InChI is InChI=1S/C17H20N2O4S/c1-10(20)19-13(7-8-24-2)16(21)15-11-5-3-4-6-14(11)23-17(22)12(15)9-18/h3-6,13H,7-9,18H2,1-2H3,(H,19,20)/t13-/m0/s1. The second-order valence-electron chi connectivity index (χ2n) is 5.34. The SMILES string of the molecule is CSCC[C@H](NC(C)=O)C(=O)c1c(CN)c(=O)oc2ccccc12. The Morgan fingerprint density at radius 3 is 2.67 bits per heavy atom. The molecule has 0 fully saturated rings. The molecule has 1 aromatic carbocycles. The first-order valence-corrected chi connectivity index (χ1v) is 8.94. The van der Waals surface area contributed by atoms with Gasteiger partial charge in [-0.2, -0.15) is 11.8 Å². The molecule has 6 nitrogen and oxygen atoms in total. The molecular formula is C17H20N2O4S. The van der Waals surface area contributed by atoms with Gasteiger partial charge in [0.1, 0.15) is 5.58 Å². The van der Waals surface area contributed by atoms with E-state index < -0.39 is 11.7 Å². The third-order valence-electron chi connectivity index (χ3n) is 3.66. The van der Waals surface area contributed by atoms with Crippen LogP contribution in [0, 0.1) is 0 Å². The van der Waals surface area contributed by atoms with Gasteiger partial charge in [0.2, 0.25) is 5.91 Å². The summed E-state index contributed by atoms with van der Waals surface area (Å²) in [6.45, 7) is 1.25. The number of carbonyl (C=O) groups is 2. The number of hydrogen-bond acceptors (Lipinski definition) is 6. The van der Waals surface area contributed by atoms with Crippen molar-refractivity contribution in [2.24, 2.45) is 5.73 Å². The van der Waals surface area contributed by atoms with Crippen molar-refractivity contribution in [3.05, 3.63) is 45.8 Å². The molecule has 24 heavy (non-hydrogen) atoms. The van der Waals surface area contributed by atoms with Crippen molar-refractivity contribution in [3.63, 3.8) is 0 Å². The molecule has 0 aliphatic carbocycles. The highest BCUT2D eigenvalue weighted by Crippen LogP contribution is 2.22. The van der Waals surface area contributed by atoms with Crippen molar-refractivity contribution in [2.45, 2.75) is 25.9 Å². The number of Topliss-reactive ketones (excluding diaryl/α,β-unsaturated/α-hetero) is 1. The van der Waals surface area contributed by atoms with Crippen molar-refractivity contribution < 1.29 is 14.0 Å². The minimum atomic E-state index is -0.703. The van der Waals surface area contributed by atoms with Crippen LogP contribution in [-0.2, 0) is 11.3 Å². The molecule has 2 rings (SSSR count). The van der Waals surface area contributed by atoms with Gasteiger partial charge < -0.3 is 15.5 Å². The van der Waals surface area contributed by atoms with E-state index >= 15 is 0 Å². The topological polar surface area (TPSA) is 102 Å². The fourth-order valence-corrected chi connectivity index (χ4v) is 3.05. The van der Waals surface area contributed by atoms with E-state index in [4.69, 9.17) is 10.2 Å². The molecule has 1 heterocycles. The fraction of sp³-hybridized carbons (Fsp3) is 0.353. The van der Waals surface area contributed by atoms with Gasteiger partial charge in [0, 0.05) is 24.4 Å². The van der Waals surface area contributed by atoms with E-state index in [-0.39, 0.29) is 29.4 Å². The van der Waals surface area contributed by atoms with Crippen LogP contribution in [0.25, 0.3) is 11.0 Å². The minimum absolute atomic E-state index is 0.108. The lowest BCUT2D eigenvalue weighted by atomic mass is 9.95. The molecule has 3 N–H and O–H groups in total. The number of rotatable bonds is 7. The van der Waals surface area contributed by atoms with E-state index in [2.05, 4.69) is 5.32 Å². The normalized spacial score (nSPS) is 12.1. The van der Waals surface area contributed by atoms with E-state index in [1.54, 1.807) is 36.0 Å². The molecule has 1 atom stereocenters. The number of carbonyl (C=O) groups excluding carboxylic acids is 2. The Morgan fingerprint density at radius 1 is 1.33 bits per heavy atom. The molecule has 1 amide bonds. The number of fused-ring (bicyclic) bond motifs is 1. The second-order valence-corrected chi connectivity index (χ2v) is 6.33. The van der Waals surface area contributed by atoms with Crippen LogP contribution in [0.15, 0.2) is 33.5 Å². The zero-order valence-electron chi connectivity index (χ0n) is 13.6. The average molecular weight is 348 g/mol. The lowest BCUT2D eigenvalue weighted by Crippen LogP contribution is -2.41. The van der Waals surface area contributed by atoms with Crippen molar-refractivity contribution in [3.8, 4) is 0 Å². The van der Waals surface area contributed by atoms with Crippen molar-refractivity contribution in [1.82, 2.24) is 5.32 Å². The molecule has 0 bridgehead atoms. The third-order valence-corrected chi connectivity index (χ3v) is 4.31. The number of ketones is 1. The van der Waals surface area contributed by atoms with Crippen LogP contribution in [0.3, 0.4) is 0 Å². The van der Waals surface area contributed by atoms with Gasteiger partial charge in [-0.25, -0.2) is 4.79 Å². The Balaban J connectivity index is 2.60. The number of nitrogens with two attached hydrogens (primary N) is 1. The summed E-state index contributed by atoms with van der Waals surface area (Å²) in [4.78, 5) is 36.7. The van der Waals surface area contributed by atoms with Crippen LogP contribution in [-0.4, -0.2) is 29.7 Å². The third kappa shape index (κ3) is 3.85. The molecule has 0 aliphatic heterocycles. The first-order chi connectivity index (χ1) is 11.5. The van der Waals surface area contributed by atoms with E-state index in [1.807, 2.05) is 6.26 Å². The van der Waals surface area contributed by atoms with Crippen molar-refractivity contribution in [1.29, 1.82) is 0 Å². The van der Waals surface area contributed by atoms with Crippen LogP contribution in [0.2, 0.25) is 0 Å². The highest BCUT2D eigenvalue weighted by Gasteiger charge is 2.26. The number of para-hydroxylation sites is 1. The van der Waals surface area contributed by atoms with E-state index in [1.165, 1.54) is 6.92 Å². The first-order valence-electron chi connectivity index (χ1n) is 7.54. The number of nitrogens with one attached hydrogen (secondary N) is 1. The Labute approximate surface area is 143 Å². The van der Waals surface area contributed by atoms with Gasteiger partial charge in [-0.1, -0.05) is 18.2 Å². The predicted molar refractivity (Wildman–Crippen MR) is 95.3 cm³/mol. The van der Waals surface area contributed by atoms with Gasteiger partial charge in [-0.05, 0) is 24.5 Å². The maximum atomic E-state index is 13.1. The van der Waals surface area contributed by atoms with E-state index in [0.717, 1.165) is 0 Å². The van der Waals surface area contributed by atoms with Gasteiger partial charge in [0.15, 0.2) is 5.78 Å². The monoisotopic (exact) mass is 348 g/mol. The fourth-order valence-electron chi connectivity index (χ4n) is 2.58. The minimum Gasteiger partial charge on any atom is -0.422 e. The van der Waals surface area contributed by atoms with Crippen LogP contribution in [0.5, 0.6) is 0 Å². The summed E-state index contributed by atoms with van der Waals surface area (Å²) in [5.41, 5.74) is 5.76. The summed E-state index contributed by atoms with van der Waals surface area (Å²) in [5, 5.41) is 3.20. The highest BCUT2D eigenvalue weighted by molar-refractivity contribution is 7.98. The average Bonchev–Trinajstić information content (AvgIpc) is 2.56. The van der Waals surface area contributed by atoms with E-state index in [9.17, 15) is 14.4 Å². The smallest absolute Gasteiger partial charge is 0.341 e. The Bertz CT molecular complexity index is 816. The quantitative estimate of drug-likeness (QED) is 0.583. The summed E-state index contributed by atoms with van der Waals surface area (Å²) in [6, 6.07) is 6.12. The Kier molecular flexibility index (Phi) is 6.16. The number of benzene rings is 1. The van der Waals surface area contributed by atoms with Crippen LogP contribution >= 0.6 is 11.8 Å². The van der Waals surface area contributed by atoms with Crippen LogP contribution in [0.1, 0.15) is 29.3 Å². The molecule has 2 aromatic rings. The van der Waals surface area contributed by atoms with E-state index in [0.29, 0.717) is 23.1 Å². The summed E-state index contributed by atoms with van der Waals surface area (Å²) >= 11 is 1.58. The van der Waals surface area contributed by atoms with Crippen molar-refractivity contribution in [2.75, 3.05) is 12.0 Å². The lowest BCUT2D eigenvalue weighted by molar-refractivity contribution is -0.119. The van der Waals surface area contributed by atoms with Gasteiger partial charge >= 0.3 is 5.63 Å². The molecule has 0 saturated carbocycles. The molecular weight excluding hydrogens is 328 g/mol. The molecule has 128 valence electrons. The van der Waals surface area contributed by atoms with Gasteiger partial charge in [0.25, 0.3) is 0 Å². The van der Waals surface area contributed by atoms with Crippen LogP contribution < -0.4 is 16.7 Å². The molecule has 0 radical (unpaired) electrons. The number of amides is 1. The lowest BCUT2D eigenvalue weighted by Gasteiger charge is -2.18. The number of thioether (sulfide) groups is 1. The number of hydrogen-bond donors (Lipinski definition) is 2. The van der Waals surface area contributed by atoms with Gasteiger partial charge in [-0.15, -0.1) is 0 Å². The largest absolute Gasteiger partial charge is 0.422 e. The highest BCUT2D eigenvalue weighted by atomic mass is 32.2. The molecule has 0 saturated heterocycles. The zero-order chi connectivity index (χ0) is 17.7. The summed E-state index contributed by atoms with van der Waals surface area (Å²) < 4.78 is 5.24. The molecule has 1 aromatic heterocycles. The Hall–Kier alpha value is -2.12. The predicted octanol–water partition coefficient (Wildman–Crippen LogP) is 1.69. The zero-order valence-corrected chi connectivity index (χ0v) is 14.4. The van der Waals surface area contributed by atoms with Gasteiger partial charge in [0.05, 0.1) is 11.6 Å². The molecule has 0 spiro atoms. The first kappa shape index (κ1) is 18.2.